The van der Waals surface area contributed by atoms with E-state index in [-0.39, 0.29) is 10.8 Å². The second-order valence-corrected chi connectivity index (χ2v) is 10.3. The van der Waals surface area contributed by atoms with Crippen LogP contribution >= 0.6 is 23.2 Å². The van der Waals surface area contributed by atoms with Gasteiger partial charge in [-0.3, -0.25) is 0 Å². The Morgan fingerprint density at radius 1 is 1.03 bits per heavy atom. The van der Waals surface area contributed by atoms with Crippen molar-refractivity contribution in [2.45, 2.75) is 31.6 Å². The summed E-state index contributed by atoms with van der Waals surface area (Å²) in [7, 11) is -2.18. The quantitative estimate of drug-likeness (QED) is 0.638. The van der Waals surface area contributed by atoms with Crippen molar-refractivity contribution in [1.29, 1.82) is 0 Å². The maximum absolute atomic E-state index is 13.4. The molecule has 8 heteroatoms. The number of sulfonamides is 1. The van der Waals surface area contributed by atoms with Crippen LogP contribution in [0.5, 0.6) is 5.75 Å². The summed E-state index contributed by atoms with van der Waals surface area (Å²) in [5.41, 5.74) is 2.86. The molecule has 1 aliphatic heterocycles. The Morgan fingerprint density at radius 2 is 1.69 bits per heavy atom. The molecule has 5 nitrogen and oxygen atoms in total. The standard InChI is InChI=1S/C21H26Cl2N2O3S/c1-14(2)17-13-21(20(28-4)11-15(17)3)29(26,27)25-9-7-24(8-10-25)19-12-16(22)5-6-18(19)23/h5-6,11-14H,7-10H2,1-4H3. The topological polar surface area (TPSA) is 49.9 Å². The number of anilines is 1. The third-order valence-electron chi connectivity index (χ3n) is 5.28. The summed E-state index contributed by atoms with van der Waals surface area (Å²) in [4.78, 5) is 2.29. The van der Waals surface area contributed by atoms with Gasteiger partial charge in [0.05, 0.1) is 17.8 Å². The van der Waals surface area contributed by atoms with E-state index in [4.69, 9.17) is 27.9 Å². The molecule has 158 valence electrons. The van der Waals surface area contributed by atoms with Crippen LogP contribution in [-0.4, -0.2) is 46.0 Å². The van der Waals surface area contributed by atoms with Crippen LogP contribution in [0.1, 0.15) is 30.9 Å². The molecule has 0 aliphatic carbocycles. The van der Waals surface area contributed by atoms with E-state index in [2.05, 4.69) is 18.7 Å². The van der Waals surface area contributed by atoms with Crippen LogP contribution < -0.4 is 9.64 Å². The van der Waals surface area contributed by atoms with Gasteiger partial charge in [0, 0.05) is 31.2 Å². The molecular formula is C21H26Cl2N2O3S. The third-order valence-corrected chi connectivity index (χ3v) is 7.75. The highest BCUT2D eigenvalue weighted by Crippen LogP contribution is 2.34. The van der Waals surface area contributed by atoms with E-state index in [0.717, 1.165) is 16.8 Å². The zero-order chi connectivity index (χ0) is 21.3. The van der Waals surface area contributed by atoms with Crippen LogP contribution in [0.25, 0.3) is 0 Å². The molecule has 0 unspecified atom stereocenters. The Hall–Kier alpha value is -1.47. The second-order valence-electron chi connectivity index (χ2n) is 7.50. The van der Waals surface area contributed by atoms with Gasteiger partial charge in [0.1, 0.15) is 10.6 Å². The number of rotatable bonds is 5. The molecule has 0 saturated carbocycles. The first-order chi connectivity index (χ1) is 13.6. The average molecular weight is 457 g/mol. The van der Waals surface area contributed by atoms with Gasteiger partial charge in [-0.05, 0) is 54.3 Å². The maximum atomic E-state index is 13.4. The van der Waals surface area contributed by atoms with Gasteiger partial charge in [-0.15, -0.1) is 0 Å². The number of methoxy groups -OCH3 is 1. The number of aryl methyl sites for hydroxylation is 1. The first-order valence-electron chi connectivity index (χ1n) is 9.53. The number of benzene rings is 2. The van der Waals surface area contributed by atoms with Gasteiger partial charge < -0.3 is 9.64 Å². The van der Waals surface area contributed by atoms with E-state index in [0.29, 0.717) is 42.0 Å². The highest BCUT2D eigenvalue weighted by Gasteiger charge is 2.32. The summed E-state index contributed by atoms with van der Waals surface area (Å²) in [5, 5.41) is 1.21. The minimum absolute atomic E-state index is 0.219. The van der Waals surface area contributed by atoms with Crippen molar-refractivity contribution in [3.05, 3.63) is 51.5 Å². The van der Waals surface area contributed by atoms with Gasteiger partial charge in [0.2, 0.25) is 10.0 Å². The summed E-state index contributed by atoms with van der Waals surface area (Å²) < 4.78 is 33.7. The monoisotopic (exact) mass is 456 g/mol. The molecule has 1 saturated heterocycles. The van der Waals surface area contributed by atoms with Crippen LogP contribution in [-0.2, 0) is 10.0 Å². The van der Waals surface area contributed by atoms with Crippen LogP contribution in [0.4, 0.5) is 5.69 Å². The summed E-state index contributed by atoms with van der Waals surface area (Å²) in [6, 6.07) is 8.88. The lowest BCUT2D eigenvalue weighted by molar-refractivity contribution is 0.374. The number of piperazine rings is 1. The Bertz CT molecular complexity index is 1000. The fourth-order valence-electron chi connectivity index (χ4n) is 3.70. The van der Waals surface area contributed by atoms with Crippen LogP contribution in [0.15, 0.2) is 35.2 Å². The van der Waals surface area contributed by atoms with Crippen molar-refractivity contribution in [3.8, 4) is 5.75 Å². The molecule has 0 amide bonds. The van der Waals surface area contributed by atoms with E-state index in [1.54, 1.807) is 18.2 Å². The molecule has 0 atom stereocenters. The average Bonchev–Trinajstić information content (AvgIpc) is 2.69. The molecule has 1 fully saturated rings. The van der Waals surface area contributed by atoms with Crippen LogP contribution in [0.3, 0.4) is 0 Å². The van der Waals surface area contributed by atoms with Gasteiger partial charge in [0.25, 0.3) is 0 Å². The van der Waals surface area contributed by atoms with Crippen molar-refractivity contribution in [1.82, 2.24) is 4.31 Å². The predicted octanol–water partition coefficient (Wildman–Crippen LogP) is 4.94. The van der Waals surface area contributed by atoms with Gasteiger partial charge in [-0.25, -0.2) is 8.42 Å². The Morgan fingerprint density at radius 3 is 2.28 bits per heavy atom. The van der Waals surface area contributed by atoms with Gasteiger partial charge in [0.15, 0.2) is 0 Å². The minimum atomic E-state index is -3.68. The zero-order valence-electron chi connectivity index (χ0n) is 17.1. The first kappa shape index (κ1) is 22.2. The number of nitrogens with zero attached hydrogens (tertiary/aromatic N) is 2. The molecule has 0 N–H and O–H groups in total. The lowest BCUT2D eigenvalue weighted by atomic mass is 9.98. The lowest BCUT2D eigenvalue weighted by Crippen LogP contribution is -2.48. The Balaban J connectivity index is 1.87. The smallest absolute Gasteiger partial charge is 0.246 e. The van der Waals surface area contributed by atoms with E-state index in [1.807, 2.05) is 19.1 Å². The normalized spacial score (nSPS) is 15.8. The molecule has 0 bridgehead atoms. The molecule has 0 spiro atoms. The number of hydrogen-bond acceptors (Lipinski definition) is 4. The van der Waals surface area contributed by atoms with E-state index in [1.165, 1.54) is 11.4 Å². The van der Waals surface area contributed by atoms with E-state index >= 15 is 0 Å². The second kappa shape index (κ2) is 8.72. The molecule has 29 heavy (non-hydrogen) atoms. The number of hydrogen-bond donors (Lipinski definition) is 0. The molecule has 2 aromatic rings. The number of ether oxygens (including phenoxy) is 1. The highest BCUT2D eigenvalue weighted by atomic mass is 35.5. The third kappa shape index (κ3) is 4.50. The van der Waals surface area contributed by atoms with Crippen molar-refractivity contribution < 1.29 is 13.2 Å². The fraction of sp³-hybridized carbons (Fsp3) is 0.429. The van der Waals surface area contributed by atoms with Gasteiger partial charge in [-0.2, -0.15) is 4.31 Å². The van der Waals surface area contributed by atoms with Gasteiger partial charge in [-0.1, -0.05) is 37.0 Å². The Kier molecular flexibility index (Phi) is 6.68. The summed E-state index contributed by atoms with van der Waals surface area (Å²) in [6.07, 6.45) is 0. The lowest BCUT2D eigenvalue weighted by Gasteiger charge is -2.36. The molecule has 1 heterocycles. The van der Waals surface area contributed by atoms with Gasteiger partial charge >= 0.3 is 0 Å². The largest absolute Gasteiger partial charge is 0.495 e. The van der Waals surface area contributed by atoms with Crippen molar-refractivity contribution in [2.24, 2.45) is 0 Å². The molecule has 0 radical (unpaired) electrons. The molecule has 3 rings (SSSR count). The first-order valence-corrected chi connectivity index (χ1v) is 11.7. The van der Waals surface area contributed by atoms with E-state index < -0.39 is 10.0 Å². The molecule has 0 aromatic heterocycles. The van der Waals surface area contributed by atoms with Crippen LogP contribution in [0.2, 0.25) is 10.0 Å². The minimum Gasteiger partial charge on any atom is -0.495 e. The summed E-state index contributed by atoms with van der Waals surface area (Å²) in [5.74, 6) is 0.601. The predicted molar refractivity (Wildman–Crippen MR) is 119 cm³/mol. The Labute approximate surface area is 183 Å². The maximum Gasteiger partial charge on any atom is 0.246 e. The molecule has 1 aliphatic rings. The SMILES string of the molecule is COc1cc(C)c(C(C)C)cc1S(=O)(=O)N1CCN(c2cc(Cl)ccc2Cl)CC1. The fourth-order valence-corrected chi connectivity index (χ4v) is 5.70. The summed E-state index contributed by atoms with van der Waals surface area (Å²) >= 11 is 12.4. The van der Waals surface area contributed by atoms with E-state index in [9.17, 15) is 8.42 Å². The zero-order valence-corrected chi connectivity index (χ0v) is 19.4. The van der Waals surface area contributed by atoms with Crippen molar-refractivity contribution in [3.63, 3.8) is 0 Å². The highest BCUT2D eigenvalue weighted by molar-refractivity contribution is 7.89. The molecule has 2 aromatic carbocycles. The summed E-state index contributed by atoms with van der Waals surface area (Å²) in [6.45, 7) is 7.87. The molecular weight excluding hydrogens is 431 g/mol. The van der Waals surface area contributed by atoms with Crippen molar-refractivity contribution >= 4 is 38.9 Å². The number of halogens is 2. The van der Waals surface area contributed by atoms with Crippen molar-refractivity contribution in [2.75, 3.05) is 38.2 Å². The van der Waals surface area contributed by atoms with Crippen LogP contribution in [0, 0.1) is 6.92 Å².